The SMILES string of the molecule is Cc1cc(C)n2nc(C(=O)N3Cc4cccnc4C3)nc2n1. The summed E-state index contributed by atoms with van der Waals surface area (Å²) >= 11 is 0. The first kappa shape index (κ1) is 12.9. The maximum atomic E-state index is 12.6. The van der Waals surface area contributed by atoms with Gasteiger partial charge in [0, 0.05) is 24.1 Å². The number of pyridine rings is 1. The molecule has 1 aliphatic rings. The fraction of sp³-hybridized carbons (Fsp3) is 0.267. The minimum atomic E-state index is -0.194. The van der Waals surface area contributed by atoms with E-state index in [4.69, 9.17) is 0 Å². The molecular formula is C15H14N6O. The Morgan fingerprint density at radius 3 is 2.91 bits per heavy atom. The van der Waals surface area contributed by atoms with Gasteiger partial charge in [0.1, 0.15) is 0 Å². The molecule has 110 valence electrons. The highest BCUT2D eigenvalue weighted by Crippen LogP contribution is 2.21. The van der Waals surface area contributed by atoms with Crippen molar-refractivity contribution in [3.05, 3.63) is 52.9 Å². The van der Waals surface area contributed by atoms with Crippen LogP contribution in [-0.4, -0.2) is 35.4 Å². The van der Waals surface area contributed by atoms with E-state index in [1.165, 1.54) is 0 Å². The van der Waals surface area contributed by atoms with Crippen LogP contribution in [0.15, 0.2) is 24.4 Å². The molecule has 1 amide bonds. The van der Waals surface area contributed by atoms with Gasteiger partial charge in [-0.05, 0) is 31.5 Å². The lowest BCUT2D eigenvalue weighted by molar-refractivity contribution is 0.0738. The molecule has 0 spiro atoms. The van der Waals surface area contributed by atoms with Crippen LogP contribution in [0.25, 0.3) is 5.78 Å². The highest BCUT2D eigenvalue weighted by atomic mass is 16.2. The summed E-state index contributed by atoms with van der Waals surface area (Å²) in [5.74, 6) is 0.435. The summed E-state index contributed by atoms with van der Waals surface area (Å²) in [4.78, 5) is 27.2. The van der Waals surface area contributed by atoms with E-state index in [-0.39, 0.29) is 11.7 Å². The van der Waals surface area contributed by atoms with Crippen molar-refractivity contribution in [1.29, 1.82) is 0 Å². The minimum absolute atomic E-state index is 0.175. The van der Waals surface area contributed by atoms with Crippen LogP contribution in [0.2, 0.25) is 0 Å². The third-order valence-corrected chi connectivity index (χ3v) is 3.78. The van der Waals surface area contributed by atoms with Crippen molar-refractivity contribution in [3.63, 3.8) is 0 Å². The molecule has 0 saturated heterocycles. The lowest BCUT2D eigenvalue weighted by Crippen LogP contribution is -2.26. The van der Waals surface area contributed by atoms with Crippen LogP contribution in [-0.2, 0) is 13.1 Å². The molecule has 0 atom stereocenters. The number of aryl methyl sites for hydroxylation is 2. The zero-order valence-electron chi connectivity index (χ0n) is 12.3. The Labute approximate surface area is 126 Å². The van der Waals surface area contributed by atoms with Gasteiger partial charge in [-0.15, -0.1) is 5.10 Å². The van der Waals surface area contributed by atoms with Gasteiger partial charge < -0.3 is 4.90 Å². The Morgan fingerprint density at radius 2 is 2.09 bits per heavy atom. The first-order valence-electron chi connectivity index (χ1n) is 7.05. The number of fused-ring (bicyclic) bond motifs is 2. The van der Waals surface area contributed by atoms with Crippen molar-refractivity contribution >= 4 is 11.7 Å². The standard InChI is InChI=1S/C15H14N6O/c1-9-6-10(2)21-15(17-9)18-13(19-21)14(22)20-7-11-4-3-5-16-12(11)8-20/h3-6H,7-8H2,1-2H3. The van der Waals surface area contributed by atoms with Crippen LogP contribution in [0.4, 0.5) is 0 Å². The molecule has 0 saturated carbocycles. The lowest BCUT2D eigenvalue weighted by atomic mass is 10.2. The Morgan fingerprint density at radius 1 is 1.23 bits per heavy atom. The molecule has 7 nitrogen and oxygen atoms in total. The first-order valence-corrected chi connectivity index (χ1v) is 7.05. The van der Waals surface area contributed by atoms with Crippen LogP contribution in [0, 0.1) is 13.8 Å². The molecule has 7 heteroatoms. The molecule has 0 bridgehead atoms. The second kappa shape index (κ2) is 4.59. The van der Waals surface area contributed by atoms with Crippen molar-refractivity contribution < 1.29 is 4.79 Å². The maximum absolute atomic E-state index is 12.6. The van der Waals surface area contributed by atoms with E-state index in [0.29, 0.717) is 18.9 Å². The van der Waals surface area contributed by atoms with Gasteiger partial charge in [-0.25, -0.2) is 9.50 Å². The Hall–Kier alpha value is -2.83. The third-order valence-electron chi connectivity index (χ3n) is 3.78. The Kier molecular flexibility index (Phi) is 2.69. The lowest BCUT2D eigenvalue weighted by Gasteiger charge is -2.11. The molecule has 4 heterocycles. The van der Waals surface area contributed by atoms with Crippen molar-refractivity contribution in [2.75, 3.05) is 0 Å². The Bertz CT molecular complexity index is 875. The third kappa shape index (κ3) is 1.93. The zero-order chi connectivity index (χ0) is 15.3. The smallest absolute Gasteiger partial charge is 0.294 e. The molecular weight excluding hydrogens is 280 g/mol. The van der Waals surface area contributed by atoms with E-state index in [9.17, 15) is 4.79 Å². The van der Waals surface area contributed by atoms with Crippen LogP contribution < -0.4 is 0 Å². The number of hydrogen-bond donors (Lipinski definition) is 0. The van der Waals surface area contributed by atoms with Crippen LogP contribution in [0.5, 0.6) is 0 Å². The van der Waals surface area contributed by atoms with E-state index < -0.39 is 0 Å². The number of rotatable bonds is 1. The number of carbonyl (C=O) groups is 1. The van der Waals surface area contributed by atoms with Gasteiger partial charge in [-0.3, -0.25) is 9.78 Å². The molecule has 0 fully saturated rings. The summed E-state index contributed by atoms with van der Waals surface area (Å²) in [6, 6.07) is 5.78. The predicted molar refractivity (Wildman–Crippen MR) is 78.1 cm³/mol. The summed E-state index contributed by atoms with van der Waals surface area (Å²) in [5.41, 5.74) is 3.77. The van der Waals surface area contributed by atoms with Gasteiger partial charge in [0.2, 0.25) is 5.82 Å². The van der Waals surface area contributed by atoms with Gasteiger partial charge in [-0.2, -0.15) is 4.98 Å². The topological polar surface area (TPSA) is 76.3 Å². The number of nitrogens with zero attached hydrogens (tertiary/aromatic N) is 6. The van der Waals surface area contributed by atoms with Crippen molar-refractivity contribution in [1.82, 2.24) is 29.5 Å². The predicted octanol–water partition coefficient (Wildman–Crippen LogP) is 1.29. The van der Waals surface area contributed by atoms with Crippen molar-refractivity contribution in [2.45, 2.75) is 26.9 Å². The van der Waals surface area contributed by atoms with E-state index in [2.05, 4.69) is 20.1 Å². The minimum Gasteiger partial charge on any atom is -0.326 e. The van der Waals surface area contributed by atoms with Crippen LogP contribution in [0.1, 0.15) is 33.3 Å². The van der Waals surface area contributed by atoms with Gasteiger partial charge in [0.15, 0.2) is 0 Å². The largest absolute Gasteiger partial charge is 0.326 e. The summed E-state index contributed by atoms with van der Waals surface area (Å²) in [7, 11) is 0. The van der Waals surface area contributed by atoms with E-state index in [0.717, 1.165) is 22.6 Å². The molecule has 3 aromatic rings. The molecule has 0 radical (unpaired) electrons. The van der Waals surface area contributed by atoms with Gasteiger partial charge in [-0.1, -0.05) is 6.07 Å². The summed E-state index contributed by atoms with van der Waals surface area (Å²) in [6.45, 7) is 4.85. The van der Waals surface area contributed by atoms with E-state index in [1.54, 1.807) is 15.6 Å². The molecule has 3 aromatic heterocycles. The summed E-state index contributed by atoms with van der Waals surface area (Å²) in [6.07, 6.45) is 1.74. The fourth-order valence-corrected chi connectivity index (χ4v) is 2.74. The number of aromatic nitrogens is 5. The molecule has 22 heavy (non-hydrogen) atoms. The molecule has 0 aromatic carbocycles. The zero-order valence-corrected chi connectivity index (χ0v) is 12.3. The van der Waals surface area contributed by atoms with Gasteiger partial charge in [0.05, 0.1) is 12.2 Å². The second-order valence-corrected chi connectivity index (χ2v) is 5.46. The summed E-state index contributed by atoms with van der Waals surface area (Å²) in [5, 5.41) is 4.29. The fourth-order valence-electron chi connectivity index (χ4n) is 2.74. The van der Waals surface area contributed by atoms with Crippen LogP contribution in [0.3, 0.4) is 0 Å². The molecule has 0 N–H and O–H groups in total. The highest BCUT2D eigenvalue weighted by Gasteiger charge is 2.27. The monoisotopic (exact) mass is 294 g/mol. The van der Waals surface area contributed by atoms with E-state index >= 15 is 0 Å². The van der Waals surface area contributed by atoms with Crippen molar-refractivity contribution in [3.8, 4) is 0 Å². The molecule has 4 rings (SSSR count). The second-order valence-electron chi connectivity index (χ2n) is 5.46. The average molecular weight is 294 g/mol. The van der Waals surface area contributed by atoms with Gasteiger partial charge in [0.25, 0.3) is 11.7 Å². The first-order chi connectivity index (χ1) is 10.6. The maximum Gasteiger partial charge on any atom is 0.294 e. The number of amides is 1. The normalized spacial score (nSPS) is 13.6. The molecule has 0 aliphatic carbocycles. The number of hydrogen-bond acceptors (Lipinski definition) is 5. The molecule has 0 unspecified atom stereocenters. The van der Waals surface area contributed by atoms with E-state index in [1.807, 2.05) is 32.0 Å². The average Bonchev–Trinajstić information content (AvgIpc) is 3.09. The van der Waals surface area contributed by atoms with Crippen LogP contribution >= 0.6 is 0 Å². The van der Waals surface area contributed by atoms with Crippen molar-refractivity contribution in [2.24, 2.45) is 0 Å². The summed E-state index contributed by atoms with van der Waals surface area (Å²) < 4.78 is 1.60. The van der Waals surface area contributed by atoms with Gasteiger partial charge >= 0.3 is 0 Å². The Balaban J connectivity index is 1.68. The molecule has 1 aliphatic heterocycles. The number of carbonyl (C=O) groups excluding carboxylic acids is 1. The highest BCUT2D eigenvalue weighted by molar-refractivity contribution is 5.91. The quantitative estimate of drug-likeness (QED) is 0.676.